The lowest BCUT2D eigenvalue weighted by atomic mass is 9.88. The third-order valence-electron chi connectivity index (χ3n) is 3.54. The number of rotatable bonds is 5. The highest BCUT2D eigenvalue weighted by atomic mass is 32.2. The average Bonchev–Trinajstić information content (AvgIpc) is 2.50. The number of benzene rings is 1. The molecule has 1 heterocycles. The third-order valence-corrected chi connectivity index (χ3v) is 5.31. The van der Waals surface area contributed by atoms with Crippen molar-refractivity contribution < 1.29 is 8.42 Å². The summed E-state index contributed by atoms with van der Waals surface area (Å²) >= 11 is 0. The Kier molecular flexibility index (Phi) is 4.48. The molecule has 1 aliphatic rings. The largest absolute Gasteiger partial charge is 0.296 e. The normalized spacial score (nSPS) is 22.6. The summed E-state index contributed by atoms with van der Waals surface area (Å²) in [6, 6.07) is 8.83. The molecule has 0 bridgehead atoms. The van der Waals surface area contributed by atoms with Gasteiger partial charge >= 0.3 is 0 Å². The highest BCUT2D eigenvalue weighted by Gasteiger charge is 2.41. The summed E-state index contributed by atoms with van der Waals surface area (Å²) in [6.07, 6.45) is 0.798. The molecule has 1 N–H and O–H groups in total. The van der Waals surface area contributed by atoms with Gasteiger partial charge in [-0.2, -0.15) is 5.26 Å². The van der Waals surface area contributed by atoms with Crippen LogP contribution in [0, 0.1) is 11.3 Å². The predicted molar refractivity (Wildman–Crippen MR) is 77.0 cm³/mol. The fraction of sp³-hybridized carbons (Fsp3) is 0.462. The molecule has 0 radical (unpaired) electrons. The second-order valence-corrected chi connectivity index (χ2v) is 6.89. The number of nitrogens with one attached hydrogen (secondary N) is 1. The van der Waals surface area contributed by atoms with Crippen molar-refractivity contribution in [1.29, 1.82) is 5.26 Å². The zero-order valence-electron chi connectivity index (χ0n) is 11.4. The van der Waals surface area contributed by atoms with E-state index in [0.717, 1.165) is 0 Å². The molecule has 1 aliphatic heterocycles. The lowest BCUT2D eigenvalue weighted by molar-refractivity contribution is 0.395. The molecule has 0 amide bonds. The van der Waals surface area contributed by atoms with Crippen LogP contribution in [0.25, 0.3) is 10.4 Å². The summed E-state index contributed by atoms with van der Waals surface area (Å²) < 4.78 is 24.2. The van der Waals surface area contributed by atoms with Gasteiger partial charge in [0.25, 0.3) is 0 Å². The van der Waals surface area contributed by atoms with Gasteiger partial charge in [0.2, 0.25) is 0 Å². The van der Waals surface area contributed by atoms with Crippen LogP contribution >= 0.6 is 0 Å². The van der Waals surface area contributed by atoms with Crippen LogP contribution in [-0.2, 0) is 15.4 Å². The predicted octanol–water partition coefficient (Wildman–Crippen LogP) is 1.87. The van der Waals surface area contributed by atoms with E-state index in [0.29, 0.717) is 25.1 Å². The molecule has 21 heavy (non-hydrogen) atoms. The Balaban J connectivity index is 2.28. The number of azide groups is 1. The number of hydrogen-bond donors (Lipinski definition) is 1. The molecule has 2 rings (SSSR count). The Morgan fingerprint density at radius 3 is 2.95 bits per heavy atom. The molecule has 7 nitrogen and oxygen atoms in total. The monoisotopic (exact) mass is 305 g/mol. The van der Waals surface area contributed by atoms with Crippen molar-refractivity contribution in [3.05, 3.63) is 40.3 Å². The van der Waals surface area contributed by atoms with Gasteiger partial charge in [-0.3, -0.25) is 5.32 Å². The molecule has 1 aromatic rings. The Hall–Kier alpha value is -2.07. The molecule has 0 saturated heterocycles. The van der Waals surface area contributed by atoms with Gasteiger partial charge in [-0.15, -0.1) is 0 Å². The first kappa shape index (κ1) is 15.3. The van der Waals surface area contributed by atoms with Gasteiger partial charge in [0.1, 0.15) is 5.54 Å². The van der Waals surface area contributed by atoms with E-state index in [4.69, 9.17) is 5.53 Å². The van der Waals surface area contributed by atoms with Crippen molar-refractivity contribution >= 4 is 9.84 Å². The average molecular weight is 305 g/mol. The number of sulfone groups is 1. The molecule has 1 atom stereocenters. The molecule has 0 spiro atoms. The Morgan fingerprint density at radius 2 is 2.24 bits per heavy atom. The molecule has 110 valence electrons. The summed E-state index contributed by atoms with van der Waals surface area (Å²) in [4.78, 5) is 2.89. The van der Waals surface area contributed by atoms with E-state index in [9.17, 15) is 13.7 Å². The standard InChI is InChI=1S/C13H15N5O2S/c14-10-13(16-7-3-8-17-18-15)6-9-21(19,20)12-5-2-1-4-11(12)13/h1-2,4-5,16H,3,6-9H2. The van der Waals surface area contributed by atoms with Crippen molar-refractivity contribution in [2.24, 2.45) is 5.11 Å². The molecule has 0 fully saturated rings. The molecule has 1 aromatic carbocycles. The fourth-order valence-corrected chi connectivity index (χ4v) is 4.12. The van der Waals surface area contributed by atoms with Crippen LogP contribution in [-0.4, -0.2) is 27.3 Å². The van der Waals surface area contributed by atoms with E-state index in [1.165, 1.54) is 6.07 Å². The van der Waals surface area contributed by atoms with Crippen LogP contribution in [0.2, 0.25) is 0 Å². The summed E-state index contributed by atoms with van der Waals surface area (Å²) in [6.45, 7) is 0.811. The van der Waals surface area contributed by atoms with Crippen molar-refractivity contribution in [3.8, 4) is 6.07 Å². The summed E-state index contributed by atoms with van der Waals surface area (Å²) in [5, 5.41) is 16.1. The second kappa shape index (κ2) is 6.14. The first-order valence-electron chi connectivity index (χ1n) is 6.55. The fourth-order valence-electron chi connectivity index (χ4n) is 2.46. The van der Waals surface area contributed by atoms with Gasteiger partial charge in [0.15, 0.2) is 9.84 Å². The lowest BCUT2D eigenvalue weighted by Gasteiger charge is -2.33. The molecule has 0 saturated carbocycles. The molecule has 1 unspecified atom stereocenters. The lowest BCUT2D eigenvalue weighted by Crippen LogP contribution is -2.46. The minimum atomic E-state index is -3.32. The Labute approximate surface area is 123 Å². The maximum atomic E-state index is 12.1. The van der Waals surface area contributed by atoms with E-state index in [1.54, 1.807) is 18.2 Å². The van der Waals surface area contributed by atoms with Crippen LogP contribution in [0.5, 0.6) is 0 Å². The van der Waals surface area contributed by atoms with Crippen LogP contribution in [0.15, 0.2) is 34.3 Å². The number of fused-ring (bicyclic) bond motifs is 1. The quantitative estimate of drug-likeness (QED) is 0.386. The van der Waals surface area contributed by atoms with Crippen LogP contribution in [0.1, 0.15) is 18.4 Å². The van der Waals surface area contributed by atoms with Crippen molar-refractivity contribution in [2.75, 3.05) is 18.8 Å². The zero-order chi connectivity index (χ0) is 15.3. The maximum Gasteiger partial charge on any atom is 0.178 e. The SMILES string of the molecule is N#CC1(NCCCN=[N+]=[N-])CCS(=O)(=O)c2ccccc21. The summed E-state index contributed by atoms with van der Waals surface area (Å²) in [5.74, 6) is -0.0546. The van der Waals surface area contributed by atoms with Gasteiger partial charge < -0.3 is 0 Å². The smallest absolute Gasteiger partial charge is 0.178 e. The van der Waals surface area contributed by atoms with Gasteiger partial charge in [-0.25, -0.2) is 8.42 Å². The highest BCUT2D eigenvalue weighted by Crippen LogP contribution is 2.36. The number of nitrogens with zero attached hydrogens (tertiary/aromatic N) is 4. The van der Waals surface area contributed by atoms with Gasteiger partial charge in [-0.05, 0) is 31.0 Å². The van der Waals surface area contributed by atoms with Gasteiger partial charge in [0.05, 0.1) is 16.7 Å². The van der Waals surface area contributed by atoms with Crippen LogP contribution < -0.4 is 5.32 Å². The molecule has 0 aromatic heterocycles. The Bertz CT molecular complexity index is 718. The summed E-state index contributed by atoms with van der Waals surface area (Å²) in [5.41, 5.74) is 7.72. The molecular weight excluding hydrogens is 290 g/mol. The van der Waals surface area contributed by atoms with Gasteiger partial charge in [0, 0.05) is 17.0 Å². The second-order valence-electron chi connectivity index (χ2n) is 4.82. The van der Waals surface area contributed by atoms with Crippen LogP contribution in [0.3, 0.4) is 0 Å². The first-order valence-corrected chi connectivity index (χ1v) is 8.20. The van der Waals surface area contributed by atoms with Crippen molar-refractivity contribution in [1.82, 2.24) is 5.32 Å². The van der Waals surface area contributed by atoms with E-state index >= 15 is 0 Å². The maximum absolute atomic E-state index is 12.1. The molecule has 8 heteroatoms. The zero-order valence-corrected chi connectivity index (χ0v) is 12.2. The molecular formula is C13H15N5O2S. The van der Waals surface area contributed by atoms with E-state index in [-0.39, 0.29) is 17.1 Å². The number of nitriles is 1. The van der Waals surface area contributed by atoms with E-state index < -0.39 is 15.4 Å². The van der Waals surface area contributed by atoms with Crippen LogP contribution in [0.4, 0.5) is 0 Å². The van der Waals surface area contributed by atoms with E-state index in [2.05, 4.69) is 21.4 Å². The molecule has 0 aliphatic carbocycles. The minimum Gasteiger partial charge on any atom is -0.296 e. The van der Waals surface area contributed by atoms with Crippen molar-refractivity contribution in [3.63, 3.8) is 0 Å². The topological polar surface area (TPSA) is 119 Å². The summed E-state index contributed by atoms with van der Waals surface area (Å²) in [7, 11) is -3.32. The Morgan fingerprint density at radius 1 is 1.48 bits per heavy atom. The highest BCUT2D eigenvalue weighted by molar-refractivity contribution is 7.91. The van der Waals surface area contributed by atoms with E-state index in [1.807, 2.05) is 0 Å². The first-order chi connectivity index (χ1) is 10.1. The third kappa shape index (κ3) is 3.00. The van der Waals surface area contributed by atoms with Gasteiger partial charge in [-0.1, -0.05) is 23.3 Å². The number of hydrogen-bond acceptors (Lipinski definition) is 5. The van der Waals surface area contributed by atoms with Crippen molar-refractivity contribution in [2.45, 2.75) is 23.3 Å². The minimum absolute atomic E-state index is 0.0546.